The van der Waals surface area contributed by atoms with Crippen molar-refractivity contribution < 1.29 is 9.59 Å². The van der Waals surface area contributed by atoms with Gasteiger partial charge in [-0.15, -0.1) is 0 Å². The highest BCUT2D eigenvalue weighted by molar-refractivity contribution is 5.77. The Morgan fingerprint density at radius 2 is 1.92 bits per heavy atom. The van der Waals surface area contributed by atoms with E-state index in [0.717, 1.165) is 45.1 Å². The van der Waals surface area contributed by atoms with Crippen LogP contribution >= 0.6 is 0 Å². The quantitative estimate of drug-likeness (QED) is 0.863. The number of carbonyl (C=O) groups excluding carboxylic acids is 2. The lowest BCUT2D eigenvalue weighted by molar-refractivity contribution is -0.129. The second-order valence-corrected chi connectivity index (χ2v) is 7.43. The van der Waals surface area contributed by atoms with Gasteiger partial charge in [0.1, 0.15) is 0 Å². The number of likely N-dealkylation sites (tertiary alicyclic amines) is 1. The normalized spacial score (nSPS) is 22.0. The van der Waals surface area contributed by atoms with Crippen molar-refractivity contribution in [1.29, 1.82) is 0 Å². The van der Waals surface area contributed by atoms with Gasteiger partial charge in [-0.05, 0) is 31.2 Å². The summed E-state index contributed by atoms with van der Waals surface area (Å²) in [6.07, 6.45) is 6.63. The predicted octanol–water partition coefficient (Wildman–Crippen LogP) is 2.85. The fraction of sp³-hybridized carbons (Fsp3) is 0.600. The molecule has 0 spiro atoms. The number of hydrogen-bond donors (Lipinski definition) is 2. The molecule has 5 heteroatoms. The Labute approximate surface area is 150 Å². The van der Waals surface area contributed by atoms with E-state index in [0.29, 0.717) is 13.0 Å². The topological polar surface area (TPSA) is 61.4 Å². The predicted molar refractivity (Wildman–Crippen MR) is 98.3 cm³/mol. The minimum Gasteiger partial charge on any atom is -0.341 e. The van der Waals surface area contributed by atoms with Gasteiger partial charge in [-0.25, -0.2) is 4.79 Å². The molecule has 25 heavy (non-hydrogen) atoms. The average molecular weight is 343 g/mol. The van der Waals surface area contributed by atoms with Gasteiger partial charge in [-0.2, -0.15) is 0 Å². The minimum absolute atomic E-state index is 0.0608. The summed E-state index contributed by atoms with van der Waals surface area (Å²) in [6.45, 7) is 3.25. The molecule has 0 aromatic heterocycles. The van der Waals surface area contributed by atoms with E-state index in [4.69, 9.17) is 0 Å². The molecule has 3 amide bonds. The second kappa shape index (κ2) is 7.89. The molecule has 2 aliphatic rings. The standard InChI is InChI=1S/C20H29N3O2/c1-2-18(24)23-13-10-17(15-23)21-19(25)22-20(11-6-7-12-20)14-16-8-4-3-5-9-16/h3-5,8-9,17H,2,6-7,10-15H2,1H3,(H2,21,22,25)/t17-/m1/s1. The van der Waals surface area contributed by atoms with Crippen molar-refractivity contribution in [3.05, 3.63) is 35.9 Å². The number of amides is 3. The number of carbonyl (C=O) groups is 2. The van der Waals surface area contributed by atoms with Gasteiger partial charge in [-0.1, -0.05) is 50.1 Å². The molecular weight excluding hydrogens is 314 g/mol. The van der Waals surface area contributed by atoms with Crippen molar-refractivity contribution in [1.82, 2.24) is 15.5 Å². The average Bonchev–Trinajstić information content (AvgIpc) is 3.25. The number of benzene rings is 1. The maximum absolute atomic E-state index is 12.6. The van der Waals surface area contributed by atoms with E-state index in [1.165, 1.54) is 5.56 Å². The maximum atomic E-state index is 12.6. The third-order valence-electron chi connectivity index (χ3n) is 5.50. The molecule has 0 unspecified atom stereocenters. The molecule has 1 aromatic carbocycles. The van der Waals surface area contributed by atoms with E-state index >= 15 is 0 Å². The summed E-state index contributed by atoms with van der Waals surface area (Å²) < 4.78 is 0. The highest BCUT2D eigenvalue weighted by atomic mass is 16.2. The Morgan fingerprint density at radius 3 is 2.60 bits per heavy atom. The Kier molecular flexibility index (Phi) is 5.61. The highest BCUT2D eigenvalue weighted by Gasteiger charge is 2.36. The van der Waals surface area contributed by atoms with Gasteiger partial charge in [0, 0.05) is 31.1 Å². The lowest BCUT2D eigenvalue weighted by Gasteiger charge is -2.31. The van der Waals surface area contributed by atoms with Crippen LogP contribution < -0.4 is 10.6 Å². The summed E-state index contributed by atoms with van der Waals surface area (Å²) in [5.74, 6) is 0.168. The Balaban J connectivity index is 1.56. The van der Waals surface area contributed by atoms with Crippen molar-refractivity contribution in [3.8, 4) is 0 Å². The molecule has 2 N–H and O–H groups in total. The van der Waals surface area contributed by atoms with E-state index in [1.807, 2.05) is 17.9 Å². The van der Waals surface area contributed by atoms with Crippen LogP contribution in [0.4, 0.5) is 4.79 Å². The van der Waals surface area contributed by atoms with Crippen LogP contribution in [-0.4, -0.2) is 41.5 Å². The molecule has 1 saturated carbocycles. The summed E-state index contributed by atoms with van der Waals surface area (Å²) in [5, 5.41) is 6.35. The van der Waals surface area contributed by atoms with Gasteiger partial charge in [0.15, 0.2) is 0 Å². The van der Waals surface area contributed by atoms with Gasteiger partial charge in [0.05, 0.1) is 0 Å². The number of hydrogen-bond acceptors (Lipinski definition) is 2. The third-order valence-corrected chi connectivity index (χ3v) is 5.50. The molecule has 1 aliphatic carbocycles. The van der Waals surface area contributed by atoms with Crippen molar-refractivity contribution in [3.63, 3.8) is 0 Å². The molecule has 0 radical (unpaired) electrons. The first-order valence-corrected chi connectivity index (χ1v) is 9.51. The first-order chi connectivity index (χ1) is 12.1. The monoisotopic (exact) mass is 343 g/mol. The first kappa shape index (κ1) is 17.8. The van der Waals surface area contributed by atoms with Crippen LogP contribution in [0.5, 0.6) is 0 Å². The van der Waals surface area contributed by atoms with Crippen LogP contribution in [0.3, 0.4) is 0 Å². The molecule has 0 bridgehead atoms. The number of urea groups is 1. The Bertz CT molecular complexity index is 596. The third kappa shape index (κ3) is 4.53. The second-order valence-electron chi connectivity index (χ2n) is 7.43. The number of nitrogens with one attached hydrogen (secondary N) is 2. The fourth-order valence-corrected chi connectivity index (χ4v) is 4.17. The van der Waals surface area contributed by atoms with Crippen molar-refractivity contribution >= 4 is 11.9 Å². The van der Waals surface area contributed by atoms with E-state index in [1.54, 1.807) is 0 Å². The van der Waals surface area contributed by atoms with E-state index in [-0.39, 0.29) is 23.5 Å². The van der Waals surface area contributed by atoms with E-state index < -0.39 is 0 Å². The van der Waals surface area contributed by atoms with Gasteiger partial charge < -0.3 is 15.5 Å². The summed E-state index contributed by atoms with van der Waals surface area (Å²) in [6, 6.07) is 10.4. The molecule has 2 fully saturated rings. The number of rotatable bonds is 5. The molecule has 1 aliphatic heterocycles. The SMILES string of the molecule is CCC(=O)N1CC[C@@H](NC(=O)NC2(Cc3ccccc3)CCCC2)C1. The van der Waals surface area contributed by atoms with Crippen molar-refractivity contribution in [2.75, 3.05) is 13.1 Å². The van der Waals surface area contributed by atoms with Crippen LogP contribution in [0.25, 0.3) is 0 Å². The lowest BCUT2D eigenvalue weighted by atomic mass is 9.89. The van der Waals surface area contributed by atoms with Gasteiger partial charge >= 0.3 is 6.03 Å². The molecule has 5 nitrogen and oxygen atoms in total. The van der Waals surface area contributed by atoms with E-state index in [2.05, 4.69) is 34.9 Å². The number of nitrogens with zero attached hydrogens (tertiary/aromatic N) is 1. The van der Waals surface area contributed by atoms with Crippen LogP contribution in [0.15, 0.2) is 30.3 Å². The molecule has 3 rings (SSSR count). The summed E-state index contributed by atoms with van der Waals surface area (Å²) in [5.41, 5.74) is 1.13. The summed E-state index contributed by atoms with van der Waals surface area (Å²) in [7, 11) is 0. The Morgan fingerprint density at radius 1 is 1.20 bits per heavy atom. The van der Waals surface area contributed by atoms with Crippen LogP contribution in [0.2, 0.25) is 0 Å². The highest BCUT2D eigenvalue weighted by Crippen LogP contribution is 2.32. The zero-order chi connectivity index (χ0) is 17.7. The van der Waals surface area contributed by atoms with Crippen LogP contribution in [-0.2, 0) is 11.2 Å². The fourth-order valence-electron chi connectivity index (χ4n) is 4.17. The van der Waals surface area contributed by atoms with Crippen LogP contribution in [0, 0.1) is 0 Å². The van der Waals surface area contributed by atoms with Gasteiger partial charge in [0.2, 0.25) is 5.91 Å². The van der Waals surface area contributed by atoms with Gasteiger partial charge in [-0.3, -0.25) is 4.79 Å². The smallest absolute Gasteiger partial charge is 0.315 e. The van der Waals surface area contributed by atoms with E-state index in [9.17, 15) is 9.59 Å². The zero-order valence-electron chi connectivity index (χ0n) is 15.1. The van der Waals surface area contributed by atoms with Gasteiger partial charge in [0.25, 0.3) is 0 Å². The molecule has 1 heterocycles. The van der Waals surface area contributed by atoms with Crippen LogP contribution in [0.1, 0.15) is 51.0 Å². The molecule has 1 atom stereocenters. The maximum Gasteiger partial charge on any atom is 0.315 e. The zero-order valence-corrected chi connectivity index (χ0v) is 15.1. The van der Waals surface area contributed by atoms with Crippen molar-refractivity contribution in [2.24, 2.45) is 0 Å². The molecule has 1 saturated heterocycles. The lowest BCUT2D eigenvalue weighted by Crippen LogP contribution is -2.54. The Hall–Kier alpha value is -2.04. The molecule has 136 valence electrons. The summed E-state index contributed by atoms with van der Waals surface area (Å²) in [4.78, 5) is 26.2. The first-order valence-electron chi connectivity index (χ1n) is 9.51. The molecular formula is C20H29N3O2. The largest absolute Gasteiger partial charge is 0.341 e. The van der Waals surface area contributed by atoms with Crippen molar-refractivity contribution in [2.45, 2.75) is 63.5 Å². The summed E-state index contributed by atoms with van der Waals surface area (Å²) >= 11 is 0. The minimum atomic E-state index is -0.136. The molecule has 1 aromatic rings.